The summed E-state index contributed by atoms with van der Waals surface area (Å²) in [7, 11) is 0. The molecule has 1 N–H and O–H groups in total. The molecule has 0 amide bonds. The van der Waals surface area contributed by atoms with Gasteiger partial charge in [0.25, 0.3) is 0 Å². The van der Waals surface area contributed by atoms with Crippen molar-refractivity contribution in [1.82, 2.24) is 10.4 Å². The molecule has 1 aliphatic carbocycles. The molecule has 1 saturated heterocycles. The van der Waals surface area contributed by atoms with Crippen LogP contribution >= 0.6 is 0 Å². The molecule has 76 valence electrons. The molecule has 0 bridgehead atoms. The SMILES string of the molecule is CC1CCCC1NN1CCOCC1. The third kappa shape index (κ3) is 2.42. The Morgan fingerprint density at radius 1 is 1.23 bits per heavy atom. The molecule has 2 unspecified atom stereocenters. The predicted octanol–water partition coefficient (Wildman–Crippen LogP) is 1.01. The van der Waals surface area contributed by atoms with Crippen molar-refractivity contribution >= 4 is 0 Å². The normalized spacial score (nSPS) is 36.7. The third-order valence-corrected chi connectivity index (χ3v) is 3.22. The minimum absolute atomic E-state index is 0.720. The quantitative estimate of drug-likeness (QED) is 0.693. The second kappa shape index (κ2) is 4.40. The molecule has 0 aromatic heterocycles. The van der Waals surface area contributed by atoms with E-state index in [1.165, 1.54) is 19.3 Å². The van der Waals surface area contributed by atoms with E-state index in [1.54, 1.807) is 0 Å². The lowest BCUT2D eigenvalue weighted by Crippen LogP contribution is -2.50. The predicted molar refractivity (Wildman–Crippen MR) is 52.3 cm³/mol. The number of rotatable bonds is 2. The zero-order chi connectivity index (χ0) is 9.10. The lowest BCUT2D eigenvalue weighted by atomic mass is 10.1. The van der Waals surface area contributed by atoms with E-state index in [4.69, 9.17) is 4.74 Å². The highest BCUT2D eigenvalue weighted by atomic mass is 16.5. The first-order valence-corrected chi connectivity index (χ1v) is 5.45. The van der Waals surface area contributed by atoms with Crippen molar-refractivity contribution in [1.29, 1.82) is 0 Å². The highest BCUT2D eigenvalue weighted by Gasteiger charge is 2.25. The van der Waals surface area contributed by atoms with E-state index in [1.807, 2.05) is 0 Å². The molecule has 2 aliphatic rings. The van der Waals surface area contributed by atoms with Crippen LogP contribution < -0.4 is 5.43 Å². The minimum atomic E-state index is 0.720. The molecule has 2 rings (SSSR count). The maximum atomic E-state index is 5.31. The topological polar surface area (TPSA) is 24.5 Å². The second-order valence-corrected chi connectivity index (χ2v) is 4.24. The van der Waals surface area contributed by atoms with Crippen LogP contribution in [0.4, 0.5) is 0 Å². The molecule has 1 saturated carbocycles. The van der Waals surface area contributed by atoms with Gasteiger partial charge in [-0.2, -0.15) is 0 Å². The fraction of sp³-hybridized carbons (Fsp3) is 1.00. The third-order valence-electron chi connectivity index (χ3n) is 3.22. The Labute approximate surface area is 80.4 Å². The summed E-state index contributed by atoms with van der Waals surface area (Å²) in [5.74, 6) is 0.850. The zero-order valence-electron chi connectivity index (χ0n) is 8.46. The first kappa shape index (κ1) is 9.44. The van der Waals surface area contributed by atoms with E-state index in [2.05, 4.69) is 17.4 Å². The van der Waals surface area contributed by atoms with Gasteiger partial charge in [-0.3, -0.25) is 5.43 Å². The van der Waals surface area contributed by atoms with Gasteiger partial charge in [0.05, 0.1) is 13.2 Å². The van der Waals surface area contributed by atoms with E-state index < -0.39 is 0 Å². The van der Waals surface area contributed by atoms with Crippen LogP contribution in [0, 0.1) is 5.92 Å². The maximum absolute atomic E-state index is 5.31. The Bertz CT molecular complexity index is 157. The van der Waals surface area contributed by atoms with Crippen molar-refractivity contribution < 1.29 is 4.74 Å². The minimum Gasteiger partial charge on any atom is -0.379 e. The summed E-state index contributed by atoms with van der Waals surface area (Å²) in [5.41, 5.74) is 3.62. The molecule has 3 nitrogen and oxygen atoms in total. The number of morpholine rings is 1. The fourth-order valence-corrected chi connectivity index (χ4v) is 2.26. The number of hydrogen-bond donors (Lipinski definition) is 1. The Morgan fingerprint density at radius 3 is 2.62 bits per heavy atom. The van der Waals surface area contributed by atoms with Crippen LogP contribution in [0.3, 0.4) is 0 Å². The van der Waals surface area contributed by atoms with Crippen molar-refractivity contribution in [2.24, 2.45) is 5.92 Å². The van der Waals surface area contributed by atoms with Crippen LogP contribution in [0.15, 0.2) is 0 Å². The van der Waals surface area contributed by atoms with Crippen molar-refractivity contribution in [2.45, 2.75) is 32.2 Å². The molecule has 2 atom stereocenters. The first-order valence-electron chi connectivity index (χ1n) is 5.45. The molecular weight excluding hydrogens is 164 g/mol. The summed E-state index contributed by atoms with van der Waals surface area (Å²) >= 11 is 0. The highest BCUT2D eigenvalue weighted by molar-refractivity contribution is 4.79. The molecule has 13 heavy (non-hydrogen) atoms. The van der Waals surface area contributed by atoms with Crippen LogP contribution in [0.1, 0.15) is 26.2 Å². The average Bonchev–Trinajstić information content (AvgIpc) is 2.54. The first-order chi connectivity index (χ1) is 6.36. The Balaban J connectivity index is 1.75. The van der Waals surface area contributed by atoms with Gasteiger partial charge in [-0.1, -0.05) is 13.3 Å². The second-order valence-electron chi connectivity index (χ2n) is 4.24. The molecule has 1 aliphatic heterocycles. The molecule has 1 heterocycles. The lowest BCUT2D eigenvalue weighted by molar-refractivity contribution is 0.000874. The van der Waals surface area contributed by atoms with E-state index in [-0.39, 0.29) is 0 Å². The number of hydrazine groups is 1. The lowest BCUT2D eigenvalue weighted by Gasteiger charge is -2.31. The Hall–Kier alpha value is -0.120. The standard InChI is InChI=1S/C10H20N2O/c1-9-3-2-4-10(9)11-12-5-7-13-8-6-12/h9-11H,2-8H2,1H3. The summed E-state index contributed by atoms with van der Waals surface area (Å²) < 4.78 is 5.31. The van der Waals surface area contributed by atoms with Crippen LogP contribution in [0.5, 0.6) is 0 Å². The average molecular weight is 184 g/mol. The van der Waals surface area contributed by atoms with Gasteiger partial charge >= 0.3 is 0 Å². The Kier molecular flexibility index (Phi) is 3.19. The number of ether oxygens (including phenoxy) is 1. The Morgan fingerprint density at radius 2 is 2.00 bits per heavy atom. The van der Waals surface area contributed by atoms with Gasteiger partial charge in [-0.25, -0.2) is 5.01 Å². The van der Waals surface area contributed by atoms with E-state index in [0.717, 1.165) is 38.3 Å². The fourth-order valence-electron chi connectivity index (χ4n) is 2.26. The number of nitrogens with one attached hydrogen (secondary N) is 1. The molecular formula is C10H20N2O. The smallest absolute Gasteiger partial charge is 0.0608 e. The van der Waals surface area contributed by atoms with Crippen molar-refractivity contribution in [3.63, 3.8) is 0 Å². The monoisotopic (exact) mass is 184 g/mol. The van der Waals surface area contributed by atoms with Gasteiger partial charge in [0.1, 0.15) is 0 Å². The van der Waals surface area contributed by atoms with Gasteiger partial charge in [-0.15, -0.1) is 0 Å². The molecule has 3 heteroatoms. The molecule has 0 aromatic rings. The van der Waals surface area contributed by atoms with Gasteiger partial charge < -0.3 is 4.74 Å². The van der Waals surface area contributed by atoms with Crippen LogP contribution in [-0.4, -0.2) is 37.4 Å². The number of hydrogen-bond acceptors (Lipinski definition) is 3. The highest BCUT2D eigenvalue weighted by Crippen LogP contribution is 2.24. The van der Waals surface area contributed by atoms with Crippen LogP contribution in [0.2, 0.25) is 0 Å². The van der Waals surface area contributed by atoms with Gasteiger partial charge in [-0.05, 0) is 18.8 Å². The van der Waals surface area contributed by atoms with E-state index >= 15 is 0 Å². The maximum Gasteiger partial charge on any atom is 0.0608 e. The van der Waals surface area contributed by atoms with Gasteiger partial charge in [0.15, 0.2) is 0 Å². The van der Waals surface area contributed by atoms with Crippen molar-refractivity contribution in [3.8, 4) is 0 Å². The van der Waals surface area contributed by atoms with Crippen molar-refractivity contribution in [3.05, 3.63) is 0 Å². The van der Waals surface area contributed by atoms with Gasteiger partial charge in [0.2, 0.25) is 0 Å². The summed E-state index contributed by atoms with van der Waals surface area (Å²) in [6.45, 7) is 6.21. The molecule has 0 spiro atoms. The van der Waals surface area contributed by atoms with Crippen molar-refractivity contribution in [2.75, 3.05) is 26.3 Å². The zero-order valence-corrected chi connectivity index (χ0v) is 8.46. The summed E-state index contributed by atoms with van der Waals surface area (Å²) in [4.78, 5) is 0. The summed E-state index contributed by atoms with van der Waals surface area (Å²) in [6.07, 6.45) is 4.13. The summed E-state index contributed by atoms with van der Waals surface area (Å²) in [5, 5.41) is 2.33. The van der Waals surface area contributed by atoms with Crippen LogP contribution in [0.25, 0.3) is 0 Å². The molecule has 0 radical (unpaired) electrons. The van der Waals surface area contributed by atoms with Gasteiger partial charge in [0, 0.05) is 19.1 Å². The van der Waals surface area contributed by atoms with E-state index in [9.17, 15) is 0 Å². The molecule has 2 fully saturated rings. The summed E-state index contributed by atoms with van der Waals surface area (Å²) in [6, 6.07) is 0.720. The van der Waals surface area contributed by atoms with Crippen LogP contribution in [-0.2, 0) is 4.74 Å². The van der Waals surface area contributed by atoms with E-state index in [0.29, 0.717) is 0 Å². The largest absolute Gasteiger partial charge is 0.379 e. The number of nitrogens with zero attached hydrogens (tertiary/aromatic N) is 1. The molecule has 0 aromatic carbocycles.